The first-order valence-electron chi connectivity index (χ1n) is 8.93. The van der Waals surface area contributed by atoms with Crippen LogP contribution in [0.1, 0.15) is 58.3 Å². The molecule has 2 rings (SSSR count). The molecule has 0 spiro atoms. The molecule has 0 aromatic carbocycles. The van der Waals surface area contributed by atoms with Crippen LogP contribution in [0.5, 0.6) is 0 Å². The minimum atomic E-state index is -0.965. The Balaban J connectivity index is 1.88. The highest BCUT2D eigenvalue weighted by molar-refractivity contribution is 4.97. The van der Waals surface area contributed by atoms with E-state index in [2.05, 4.69) is 19.1 Å². The van der Waals surface area contributed by atoms with Gasteiger partial charge in [0.05, 0.1) is 6.10 Å². The number of aliphatic hydroxyl groups excluding tert-OH is 1. The zero-order valence-electron chi connectivity index (χ0n) is 13.8. The van der Waals surface area contributed by atoms with Crippen LogP contribution in [0.3, 0.4) is 0 Å². The lowest BCUT2D eigenvalue weighted by Crippen LogP contribution is -2.31. The van der Waals surface area contributed by atoms with E-state index in [0.717, 1.165) is 38.7 Å². The standard InChI is InChI=1S/C18H31FO3/c1-2-3-4-5-6-9-14-15(13-20)16(19)12-17(14)22-18-10-7-8-11-21-18/h5-6,14-18,20H,2-4,7-13H2,1H3/b6-5-/t14-,15-,16+,17+,18?/m1/s1. The van der Waals surface area contributed by atoms with Crippen molar-refractivity contribution in [3.8, 4) is 0 Å². The van der Waals surface area contributed by atoms with Crippen molar-refractivity contribution in [3.63, 3.8) is 0 Å². The van der Waals surface area contributed by atoms with E-state index in [4.69, 9.17) is 9.47 Å². The highest BCUT2D eigenvalue weighted by Gasteiger charge is 2.44. The Morgan fingerprint density at radius 1 is 1.27 bits per heavy atom. The SMILES string of the molecule is CCCC/C=C\C[C@@H]1[C@@H](CO)[C@@H](F)C[C@@H]1OC1CCCCO1. The number of hydrogen-bond acceptors (Lipinski definition) is 3. The zero-order valence-corrected chi connectivity index (χ0v) is 13.8. The van der Waals surface area contributed by atoms with Gasteiger partial charge in [-0.3, -0.25) is 0 Å². The maximum Gasteiger partial charge on any atom is 0.157 e. The maximum atomic E-state index is 14.2. The van der Waals surface area contributed by atoms with Gasteiger partial charge in [-0.05, 0) is 38.0 Å². The normalized spacial score (nSPS) is 36.2. The van der Waals surface area contributed by atoms with Crippen LogP contribution in [-0.2, 0) is 9.47 Å². The van der Waals surface area contributed by atoms with Crippen LogP contribution in [0.4, 0.5) is 4.39 Å². The van der Waals surface area contributed by atoms with Gasteiger partial charge in [0.2, 0.25) is 0 Å². The average Bonchev–Trinajstić information content (AvgIpc) is 2.83. The Bertz CT molecular complexity index is 328. The molecule has 3 nitrogen and oxygen atoms in total. The fraction of sp³-hybridized carbons (Fsp3) is 0.889. The average molecular weight is 314 g/mol. The second-order valence-electron chi connectivity index (χ2n) is 6.58. The van der Waals surface area contributed by atoms with Gasteiger partial charge in [-0.15, -0.1) is 0 Å². The molecular weight excluding hydrogens is 283 g/mol. The van der Waals surface area contributed by atoms with Crippen LogP contribution in [0.2, 0.25) is 0 Å². The van der Waals surface area contributed by atoms with Crippen LogP contribution in [0, 0.1) is 11.8 Å². The summed E-state index contributed by atoms with van der Waals surface area (Å²) in [5.41, 5.74) is 0. The zero-order chi connectivity index (χ0) is 15.8. The summed E-state index contributed by atoms with van der Waals surface area (Å²) in [7, 11) is 0. The summed E-state index contributed by atoms with van der Waals surface area (Å²) in [5.74, 6) is -0.243. The van der Waals surface area contributed by atoms with E-state index in [-0.39, 0.29) is 30.8 Å². The van der Waals surface area contributed by atoms with E-state index in [9.17, 15) is 9.50 Å². The molecule has 1 unspecified atom stereocenters. The molecule has 1 N–H and O–H groups in total. The number of unbranched alkanes of at least 4 members (excludes halogenated alkanes) is 2. The minimum Gasteiger partial charge on any atom is -0.396 e. The Morgan fingerprint density at radius 2 is 2.14 bits per heavy atom. The van der Waals surface area contributed by atoms with E-state index in [1.54, 1.807) is 0 Å². The summed E-state index contributed by atoms with van der Waals surface area (Å²) in [5, 5.41) is 9.52. The van der Waals surface area contributed by atoms with Crippen LogP contribution in [-0.4, -0.2) is 36.9 Å². The van der Waals surface area contributed by atoms with E-state index >= 15 is 0 Å². The predicted molar refractivity (Wildman–Crippen MR) is 85.3 cm³/mol. The van der Waals surface area contributed by atoms with Crippen LogP contribution < -0.4 is 0 Å². The molecule has 4 heteroatoms. The van der Waals surface area contributed by atoms with Gasteiger partial charge in [-0.2, -0.15) is 0 Å². The molecule has 5 atom stereocenters. The van der Waals surface area contributed by atoms with E-state index in [1.807, 2.05) is 0 Å². The number of rotatable bonds is 8. The number of aliphatic hydroxyl groups is 1. The number of halogens is 1. The Hall–Kier alpha value is -0.450. The molecule has 1 saturated carbocycles. The smallest absolute Gasteiger partial charge is 0.157 e. The molecule has 0 aromatic heterocycles. The van der Waals surface area contributed by atoms with Gasteiger partial charge in [0.1, 0.15) is 6.17 Å². The fourth-order valence-electron chi connectivity index (χ4n) is 3.55. The molecule has 1 aliphatic heterocycles. The lowest BCUT2D eigenvalue weighted by atomic mass is 9.91. The summed E-state index contributed by atoms with van der Waals surface area (Å²) in [6.07, 6.45) is 10.7. The Morgan fingerprint density at radius 3 is 2.82 bits per heavy atom. The molecular formula is C18H31FO3. The second-order valence-corrected chi connectivity index (χ2v) is 6.58. The first-order chi connectivity index (χ1) is 10.8. The molecule has 128 valence electrons. The third-order valence-electron chi connectivity index (χ3n) is 4.92. The molecule has 22 heavy (non-hydrogen) atoms. The van der Waals surface area contributed by atoms with Crippen LogP contribution >= 0.6 is 0 Å². The summed E-state index contributed by atoms with van der Waals surface area (Å²) >= 11 is 0. The van der Waals surface area contributed by atoms with Gasteiger partial charge >= 0.3 is 0 Å². The van der Waals surface area contributed by atoms with Crippen molar-refractivity contribution >= 4 is 0 Å². The molecule has 1 heterocycles. The van der Waals surface area contributed by atoms with Crippen LogP contribution in [0.15, 0.2) is 12.2 Å². The molecule has 2 fully saturated rings. The first kappa shape index (κ1) is 17.9. The monoisotopic (exact) mass is 314 g/mol. The summed E-state index contributed by atoms with van der Waals surface area (Å²) < 4.78 is 25.8. The van der Waals surface area contributed by atoms with Crippen molar-refractivity contribution in [1.29, 1.82) is 0 Å². The number of hydrogen-bond donors (Lipinski definition) is 1. The van der Waals surface area contributed by atoms with Crippen molar-refractivity contribution in [2.75, 3.05) is 13.2 Å². The van der Waals surface area contributed by atoms with Crippen molar-refractivity contribution in [2.45, 2.75) is 76.9 Å². The van der Waals surface area contributed by atoms with Gasteiger partial charge in [-0.1, -0.05) is 31.9 Å². The van der Waals surface area contributed by atoms with Crippen molar-refractivity contribution in [1.82, 2.24) is 0 Å². The van der Waals surface area contributed by atoms with E-state index < -0.39 is 6.17 Å². The number of alkyl halides is 1. The van der Waals surface area contributed by atoms with Gasteiger partial charge in [0, 0.05) is 25.6 Å². The summed E-state index contributed by atoms with van der Waals surface area (Å²) in [4.78, 5) is 0. The molecule has 0 bridgehead atoms. The van der Waals surface area contributed by atoms with Crippen molar-refractivity contribution < 1.29 is 19.0 Å². The summed E-state index contributed by atoms with van der Waals surface area (Å²) in [6.45, 7) is 2.82. The van der Waals surface area contributed by atoms with E-state index in [0.29, 0.717) is 6.42 Å². The highest BCUT2D eigenvalue weighted by atomic mass is 19.1. The van der Waals surface area contributed by atoms with Crippen molar-refractivity contribution in [3.05, 3.63) is 12.2 Å². The topological polar surface area (TPSA) is 38.7 Å². The molecule has 1 aliphatic carbocycles. The van der Waals surface area contributed by atoms with Gasteiger partial charge in [0.15, 0.2) is 6.29 Å². The third kappa shape index (κ3) is 5.04. The summed E-state index contributed by atoms with van der Waals surface area (Å²) in [6, 6.07) is 0. The molecule has 1 saturated heterocycles. The number of allylic oxidation sites excluding steroid dienone is 2. The Labute approximate surface area is 133 Å². The minimum absolute atomic E-state index is 0.0587. The van der Waals surface area contributed by atoms with Crippen molar-refractivity contribution in [2.24, 2.45) is 11.8 Å². The van der Waals surface area contributed by atoms with E-state index in [1.165, 1.54) is 12.8 Å². The quantitative estimate of drug-likeness (QED) is 0.543. The lowest BCUT2D eigenvalue weighted by molar-refractivity contribution is -0.196. The fourth-order valence-corrected chi connectivity index (χ4v) is 3.55. The molecule has 2 aliphatic rings. The van der Waals surface area contributed by atoms with Gasteiger partial charge < -0.3 is 14.6 Å². The third-order valence-corrected chi connectivity index (χ3v) is 4.92. The first-order valence-corrected chi connectivity index (χ1v) is 8.93. The lowest BCUT2D eigenvalue weighted by Gasteiger charge is -2.29. The highest BCUT2D eigenvalue weighted by Crippen LogP contribution is 2.39. The molecule has 0 amide bonds. The Kier molecular flexibility index (Phi) is 7.84. The largest absolute Gasteiger partial charge is 0.396 e. The van der Waals surface area contributed by atoms with Gasteiger partial charge in [-0.25, -0.2) is 4.39 Å². The number of ether oxygens (including phenoxy) is 2. The van der Waals surface area contributed by atoms with Gasteiger partial charge in [0.25, 0.3) is 0 Å². The molecule has 0 aromatic rings. The second kappa shape index (κ2) is 9.64. The maximum absolute atomic E-state index is 14.2. The predicted octanol–water partition coefficient (Wildman–Crippen LogP) is 4.00. The van der Waals surface area contributed by atoms with Crippen LogP contribution in [0.25, 0.3) is 0 Å². The molecule has 0 radical (unpaired) electrons.